The maximum atomic E-state index is 11.1. The van der Waals surface area contributed by atoms with E-state index in [1.165, 1.54) is 11.8 Å². The number of fused-ring (bicyclic) bond motifs is 1. The van der Waals surface area contributed by atoms with Crippen molar-refractivity contribution in [2.24, 2.45) is 0 Å². The predicted octanol–water partition coefficient (Wildman–Crippen LogP) is 0.497. The maximum Gasteiger partial charge on any atom is 0.276 e. The Morgan fingerprint density at radius 1 is 1.58 bits per heavy atom. The second kappa shape index (κ2) is 2.48. The highest BCUT2D eigenvalue weighted by Crippen LogP contribution is 2.23. The molecule has 0 aliphatic carbocycles. The van der Waals surface area contributed by atoms with Crippen LogP contribution in [0.4, 0.5) is 5.82 Å². The van der Waals surface area contributed by atoms with Crippen LogP contribution in [-0.4, -0.2) is 5.12 Å². The van der Waals surface area contributed by atoms with E-state index in [9.17, 15) is 4.79 Å². The molecule has 62 valence electrons. The second-order valence-electron chi connectivity index (χ2n) is 2.80. The molecule has 3 nitrogen and oxygen atoms in total. The molecule has 0 aromatic carbocycles. The SMILES string of the molecule is Cc1ccc2[n+](c1N)CC(=O)S2. The van der Waals surface area contributed by atoms with Crippen LogP contribution in [0.5, 0.6) is 0 Å². The molecule has 1 aliphatic heterocycles. The van der Waals surface area contributed by atoms with Crippen molar-refractivity contribution in [1.29, 1.82) is 0 Å². The third-order valence-corrected chi connectivity index (χ3v) is 2.86. The number of nitrogens with zero attached hydrogens (tertiary/aromatic N) is 1. The number of aromatic nitrogens is 1. The molecule has 0 radical (unpaired) electrons. The van der Waals surface area contributed by atoms with Crippen molar-refractivity contribution < 1.29 is 9.36 Å². The summed E-state index contributed by atoms with van der Waals surface area (Å²) in [5, 5.41) is 1.11. The highest BCUT2D eigenvalue weighted by atomic mass is 32.2. The smallest absolute Gasteiger partial charge is 0.276 e. The number of thioether (sulfide) groups is 1. The quantitative estimate of drug-likeness (QED) is 0.593. The van der Waals surface area contributed by atoms with Gasteiger partial charge in [-0.25, -0.2) is 4.57 Å². The largest absolute Gasteiger partial charge is 0.287 e. The van der Waals surface area contributed by atoms with Crippen LogP contribution >= 0.6 is 11.8 Å². The zero-order valence-corrected chi connectivity index (χ0v) is 7.52. The average Bonchev–Trinajstić information content (AvgIpc) is 2.39. The van der Waals surface area contributed by atoms with Gasteiger partial charge in [-0.15, -0.1) is 0 Å². The molecule has 0 unspecified atom stereocenters. The number of hydrogen-bond donors (Lipinski definition) is 1. The summed E-state index contributed by atoms with van der Waals surface area (Å²) in [5.41, 5.74) is 6.82. The number of carbonyl (C=O) groups is 1. The molecule has 1 aromatic heterocycles. The fourth-order valence-electron chi connectivity index (χ4n) is 1.23. The zero-order valence-electron chi connectivity index (χ0n) is 6.70. The van der Waals surface area contributed by atoms with Crippen molar-refractivity contribution >= 4 is 22.7 Å². The molecule has 1 aliphatic rings. The van der Waals surface area contributed by atoms with Crippen LogP contribution in [0, 0.1) is 6.92 Å². The fourth-order valence-corrected chi connectivity index (χ4v) is 2.07. The Bertz CT molecular complexity index is 362. The summed E-state index contributed by atoms with van der Waals surface area (Å²) in [4.78, 5) is 11.1. The Morgan fingerprint density at radius 3 is 3.08 bits per heavy atom. The summed E-state index contributed by atoms with van der Waals surface area (Å²) in [7, 11) is 0. The molecule has 1 aromatic rings. The third kappa shape index (κ3) is 0.992. The van der Waals surface area contributed by atoms with Crippen LogP contribution in [0.3, 0.4) is 0 Å². The molecule has 0 fully saturated rings. The number of rotatable bonds is 0. The minimum absolute atomic E-state index is 0.160. The van der Waals surface area contributed by atoms with Crippen molar-refractivity contribution in [2.75, 3.05) is 5.73 Å². The zero-order chi connectivity index (χ0) is 8.72. The molecule has 0 saturated heterocycles. The monoisotopic (exact) mass is 181 g/mol. The topological polar surface area (TPSA) is 47.0 Å². The van der Waals surface area contributed by atoms with Gasteiger partial charge in [0.25, 0.3) is 5.82 Å². The van der Waals surface area contributed by atoms with E-state index >= 15 is 0 Å². The van der Waals surface area contributed by atoms with Gasteiger partial charge in [-0.05, 0) is 30.8 Å². The lowest BCUT2D eigenvalue weighted by atomic mass is 10.3. The van der Waals surface area contributed by atoms with E-state index in [-0.39, 0.29) is 5.12 Å². The number of anilines is 1. The van der Waals surface area contributed by atoms with Crippen LogP contribution in [0.1, 0.15) is 5.56 Å². The first-order chi connectivity index (χ1) is 5.68. The van der Waals surface area contributed by atoms with Crippen LogP contribution in [0.2, 0.25) is 0 Å². The first kappa shape index (κ1) is 7.61. The van der Waals surface area contributed by atoms with E-state index in [1.807, 2.05) is 23.6 Å². The lowest BCUT2D eigenvalue weighted by Crippen LogP contribution is -2.37. The van der Waals surface area contributed by atoms with Gasteiger partial charge >= 0.3 is 0 Å². The molecular formula is C8H9N2OS+. The molecule has 0 spiro atoms. The highest BCUT2D eigenvalue weighted by molar-refractivity contribution is 8.13. The van der Waals surface area contributed by atoms with Gasteiger partial charge in [0.05, 0.1) is 0 Å². The normalized spacial score (nSPS) is 14.9. The van der Waals surface area contributed by atoms with Crippen molar-refractivity contribution in [3.05, 3.63) is 17.7 Å². The number of nitrogens with two attached hydrogens (primary N) is 1. The second-order valence-corrected chi connectivity index (χ2v) is 3.88. The minimum Gasteiger partial charge on any atom is -0.287 e. The van der Waals surface area contributed by atoms with E-state index in [0.717, 1.165) is 10.6 Å². The third-order valence-electron chi connectivity index (χ3n) is 1.94. The summed E-state index contributed by atoms with van der Waals surface area (Å²) in [6.07, 6.45) is 0. The van der Waals surface area contributed by atoms with Crippen molar-refractivity contribution in [2.45, 2.75) is 18.5 Å². The maximum absolute atomic E-state index is 11.1. The molecule has 12 heavy (non-hydrogen) atoms. The Morgan fingerprint density at radius 2 is 2.33 bits per heavy atom. The Hall–Kier alpha value is -1.03. The number of pyridine rings is 1. The number of hydrogen-bond acceptors (Lipinski definition) is 3. The standard InChI is InChI=1S/C8H8N2OS/c1-5-2-3-6-10(8(5)9)4-7(11)12-6/h2-3,9H,4H2,1H3/p+1. The van der Waals surface area contributed by atoms with Crippen molar-refractivity contribution in [1.82, 2.24) is 0 Å². The number of aryl methyl sites for hydroxylation is 1. The average molecular weight is 181 g/mol. The molecule has 0 saturated carbocycles. The Balaban J connectivity index is 2.61. The van der Waals surface area contributed by atoms with E-state index in [1.54, 1.807) is 0 Å². The van der Waals surface area contributed by atoms with E-state index in [4.69, 9.17) is 5.73 Å². The first-order valence-electron chi connectivity index (χ1n) is 3.68. The van der Waals surface area contributed by atoms with Crippen LogP contribution in [0.25, 0.3) is 0 Å². The van der Waals surface area contributed by atoms with Gasteiger partial charge < -0.3 is 0 Å². The van der Waals surface area contributed by atoms with E-state index < -0.39 is 0 Å². The fraction of sp³-hybridized carbons (Fsp3) is 0.250. The van der Waals surface area contributed by atoms with E-state index in [2.05, 4.69) is 0 Å². The molecular weight excluding hydrogens is 172 g/mol. The molecule has 2 rings (SSSR count). The minimum atomic E-state index is 0.160. The highest BCUT2D eigenvalue weighted by Gasteiger charge is 2.26. The Labute approximate surface area is 74.6 Å². The van der Waals surface area contributed by atoms with E-state index in [0.29, 0.717) is 12.4 Å². The van der Waals surface area contributed by atoms with Gasteiger partial charge in [-0.2, -0.15) is 0 Å². The lowest BCUT2D eigenvalue weighted by Gasteiger charge is -1.99. The molecule has 4 heteroatoms. The summed E-state index contributed by atoms with van der Waals surface area (Å²) in [6, 6.07) is 3.87. The number of carbonyl (C=O) groups excluding carboxylic acids is 1. The summed E-state index contributed by atoms with van der Waals surface area (Å²) in [6.45, 7) is 2.35. The number of nitrogen functional groups attached to an aromatic ring is 1. The molecule has 2 N–H and O–H groups in total. The lowest BCUT2D eigenvalue weighted by molar-refractivity contribution is -0.702. The summed E-state index contributed by atoms with van der Waals surface area (Å²) in [5.74, 6) is 0.700. The van der Waals surface area contributed by atoms with Crippen molar-refractivity contribution in [3.63, 3.8) is 0 Å². The van der Waals surface area contributed by atoms with Gasteiger partial charge in [-0.1, -0.05) is 0 Å². The first-order valence-corrected chi connectivity index (χ1v) is 4.50. The summed E-state index contributed by atoms with van der Waals surface area (Å²) >= 11 is 1.26. The Kier molecular flexibility index (Phi) is 1.58. The van der Waals surface area contributed by atoms with Crippen LogP contribution < -0.4 is 10.3 Å². The van der Waals surface area contributed by atoms with Crippen molar-refractivity contribution in [3.8, 4) is 0 Å². The molecule has 0 atom stereocenters. The van der Waals surface area contributed by atoms with Gasteiger partial charge in [-0.3, -0.25) is 10.5 Å². The predicted molar refractivity (Wildman–Crippen MR) is 46.7 cm³/mol. The summed E-state index contributed by atoms with van der Waals surface area (Å²) < 4.78 is 1.85. The van der Waals surface area contributed by atoms with Crippen LogP contribution in [0.15, 0.2) is 17.2 Å². The molecule has 2 heterocycles. The molecule has 0 amide bonds. The van der Waals surface area contributed by atoms with Gasteiger partial charge in [0, 0.05) is 5.56 Å². The van der Waals surface area contributed by atoms with Gasteiger partial charge in [0.1, 0.15) is 0 Å². The van der Waals surface area contributed by atoms with Gasteiger partial charge in [0.2, 0.25) is 5.12 Å². The molecule has 0 bridgehead atoms. The van der Waals surface area contributed by atoms with Crippen LogP contribution in [-0.2, 0) is 11.3 Å². The van der Waals surface area contributed by atoms with Gasteiger partial charge in [0.15, 0.2) is 11.6 Å².